The first-order chi connectivity index (χ1) is 20.8. The van der Waals surface area contributed by atoms with Crippen LogP contribution in [0, 0.1) is 0 Å². The number of rotatable bonds is 5. The molecule has 0 aromatic heterocycles. The van der Waals surface area contributed by atoms with E-state index in [0.29, 0.717) is 6.42 Å². The lowest BCUT2D eigenvalue weighted by atomic mass is 9.98. The first-order valence-electron chi connectivity index (χ1n) is 12.7. The molecule has 274 valence electrons. The highest BCUT2D eigenvalue weighted by Crippen LogP contribution is 2.26. The molecule has 0 bridgehead atoms. The highest BCUT2D eigenvalue weighted by molar-refractivity contribution is 6.97. The maximum atomic E-state index is 11.2. The number of carbonyl (C=O) groups is 8. The summed E-state index contributed by atoms with van der Waals surface area (Å²) in [7, 11) is 0. The van der Waals surface area contributed by atoms with Gasteiger partial charge in [-0.2, -0.15) is 0 Å². The number of hydrogen-bond donors (Lipinski definition) is 1. The lowest BCUT2D eigenvalue weighted by Gasteiger charge is -2.29. The SMILES string of the molecule is C.C.CC1(C)CC(=O)C=C(C(=O)CCl)O1.CC1(C)CC(=O)C=C(C(=O)Cl)O1.CC1(C)CC(=O)C=C(C(=O)O)O1.ClCCl.O=C(Cl)C(=O)Cl. The number of allylic oxidation sites excluding steroid dienone is 5. The molecule has 0 aliphatic carbocycles. The zero-order valence-electron chi connectivity index (χ0n) is 25.5. The van der Waals surface area contributed by atoms with Crippen LogP contribution < -0.4 is 0 Å². The Hall–Kier alpha value is -2.48. The van der Waals surface area contributed by atoms with Crippen molar-refractivity contribution >= 4 is 114 Å². The normalized spacial score (nSPS) is 17.5. The number of hydrogen-bond acceptors (Lipinski definition) is 11. The van der Waals surface area contributed by atoms with Gasteiger partial charge in [-0.05, 0) is 76.3 Å². The van der Waals surface area contributed by atoms with E-state index in [1.807, 2.05) is 0 Å². The van der Waals surface area contributed by atoms with E-state index < -0.39 is 38.5 Å². The van der Waals surface area contributed by atoms with Crippen molar-refractivity contribution in [2.75, 3.05) is 11.2 Å². The predicted octanol–water partition coefficient (Wildman–Crippen LogP) is 6.78. The summed E-state index contributed by atoms with van der Waals surface area (Å²) in [4.78, 5) is 84.2. The van der Waals surface area contributed by atoms with E-state index in [4.69, 9.17) is 65.7 Å². The highest BCUT2D eigenvalue weighted by Gasteiger charge is 2.33. The zero-order valence-corrected chi connectivity index (χ0v) is 30.0. The number of carboxylic acids is 1. The van der Waals surface area contributed by atoms with Crippen LogP contribution in [0.5, 0.6) is 0 Å². The minimum absolute atomic E-state index is 0. The maximum Gasteiger partial charge on any atom is 0.371 e. The summed E-state index contributed by atoms with van der Waals surface area (Å²) in [5.74, 6) is -2.37. The Bertz CT molecular complexity index is 1230. The van der Waals surface area contributed by atoms with E-state index in [0.717, 1.165) is 12.2 Å². The first kappa shape index (κ1) is 52.3. The molecule has 1 N–H and O–H groups in total. The number of ether oxygens (including phenoxy) is 3. The van der Waals surface area contributed by atoms with Crippen molar-refractivity contribution in [1.29, 1.82) is 0 Å². The van der Waals surface area contributed by atoms with E-state index in [2.05, 4.69) is 23.2 Å². The maximum absolute atomic E-state index is 11.2. The van der Waals surface area contributed by atoms with Gasteiger partial charge in [0.1, 0.15) is 16.8 Å². The highest BCUT2D eigenvalue weighted by atomic mass is 35.5. The molecule has 0 saturated heterocycles. The number of aliphatic carboxylic acids is 1. The summed E-state index contributed by atoms with van der Waals surface area (Å²) in [5, 5.41) is 5.73. The van der Waals surface area contributed by atoms with Crippen molar-refractivity contribution < 1.29 is 57.7 Å². The molecule has 3 aliphatic heterocycles. The summed E-state index contributed by atoms with van der Waals surface area (Å²) in [6, 6.07) is 0. The van der Waals surface area contributed by atoms with Crippen LogP contribution in [-0.4, -0.2) is 78.0 Å². The molecule has 0 spiro atoms. The van der Waals surface area contributed by atoms with Crippen LogP contribution in [0.3, 0.4) is 0 Å². The number of carbonyl (C=O) groups excluding carboxylic acids is 7. The molecule has 0 fully saturated rings. The molecule has 0 aromatic rings. The predicted molar refractivity (Wildman–Crippen MR) is 185 cm³/mol. The van der Waals surface area contributed by atoms with Crippen LogP contribution in [0.15, 0.2) is 35.5 Å². The Morgan fingerprint density at radius 2 is 0.896 bits per heavy atom. The van der Waals surface area contributed by atoms with Crippen LogP contribution in [0.1, 0.15) is 75.7 Å². The topological polar surface area (TPSA) is 184 Å². The van der Waals surface area contributed by atoms with Gasteiger partial charge in [0.2, 0.25) is 11.5 Å². The van der Waals surface area contributed by atoms with Crippen LogP contribution in [0.2, 0.25) is 0 Å². The smallest absolute Gasteiger partial charge is 0.371 e. The Kier molecular flexibility index (Phi) is 26.0. The van der Waals surface area contributed by atoms with Gasteiger partial charge in [0.05, 0.1) is 11.2 Å². The third kappa shape index (κ3) is 23.8. The number of Topliss-reactive ketones (excluding diaryl/α,β-unsaturated/α-hetero) is 1. The van der Waals surface area contributed by atoms with Gasteiger partial charge in [-0.15, -0.1) is 34.8 Å². The second kappa shape index (κ2) is 23.8. The standard InChI is InChI=1S/C9H11ClO3.C8H9ClO3.C8H10O4.C2Cl2O2.CH2Cl2.2CH4/c1-9(2)4-6(11)3-8(13-9)7(12)5-10;1-8(2)4-5(10)3-6(12-8)7(9)11;1-8(2)4-5(9)3-6(12-8)7(10)11;3-1(5)2(4)6;2-1-3;;/h3H,4-5H2,1-2H3;3H,4H2,1-2H3;3H,4H2,1-2H3,(H,10,11);;1H2;2*1H4. The quantitative estimate of drug-likeness (QED) is 0.175. The molecule has 3 aliphatic rings. The van der Waals surface area contributed by atoms with Crippen LogP contribution in [0.25, 0.3) is 0 Å². The van der Waals surface area contributed by atoms with Crippen molar-refractivity contribution in [2.45, 2.75) is 92.5 Å². The molecule has 3 heterocycles. The molecule has 3 rings (SSSR count). The zero-order chi connectivity index (χ0) is 36.6. The number of carboxylic acid groups (broad SMARTS) is 1. The van der Waals surface area contributed by atoms with Gasteiger partial charge in [0.15, 0.2) is 28.9 Å². The lowest BCUT2D eigenvalue weighted by molar-refractivity contribution is -0.143. The summed E-state index contributed by atoms with van der Waals surface area (Å²) < 4.78 is 15.5. The van der Waals surface area contributed by atoms with Crippen molar-refractivity contribution in [2.24, 2.45) is 0 Å². The Morgan fingerprint density at radius 3 is 1.15 bits per heavy atom. The van der Waals surface area contributed by atoms with Gasteiger partial charge in [0, 0.05) is 37.5 Å². The fourth-order valence-corrected chi connectivity index (χ4v) is 3.57. The van der Waals surface area contributed by atoms with E-state index in [1.165, 1.54) is 6.08 Å². The van der Waals surface area contributed by atoms with Gasteiger partial charge < -0.3 is 19.3 Å². The third-order valence-electron chi connectivity index (χ3n) is 4.79. The van der Waals surface area contributed by atoms with E-state index in [1.54, 1.807) is 41.5 Å². The number of alkyl halides is 3. The molecule has 12 nitrogen and oxygen atoms in total. The molecule has 48 heavy (non-hydrogen) atoms. The molecule has 0 radical (unpaired) electrons. The minimum Gasteiger partial charge on any atom is -0.483 e. The van der Waals surface area contributed by atoms with Crippen LogP contribution in [0.4, 0.5) is 0 Å². The Morgan fingerprint density at radius 1 is 0.625 bits per heavy atom. The van der Waals surface area contributed by atoms with Crippen LogP contribution in [-0.2, 0) is 52.6 Å². The second-order valence-corrected chi connectivity index (χ2v) is 12.9. The molecule has 0 aromatic carbocycles. The van der Waals surface area contributed by atoms with E-state index >= 15 is 0 Å². The van der Waals surface area contributed by atoms with Gasteiger partial charge in [-0.1, -0.05) is 14.9 Å². The number of ketones is 4. The molecule has 0 unspecified atom stereocenters. The Labute approximate surface area is 310 Å². The molecular formula is C30H40Cl6O12. The minimum atomic E-state index is -1.20. The average Bonchev–Trinajstić information content (AvgIpc) is 2.86. The van der Waals surface area contributed by atoms with Crippen molar-refractivity contribution in [3.05, 3.63) is 35.5 Å². The molecular weight excluding hydrogens is 765 g/mol. The summed E-state index contributed by atoms with van der Waals surface area (Å²) in [6.07, 6.45) is 4.18. The van der Waals surface area contributed by atoms with Gasteiger partial charge in [0.25, 0.3) is 5.24 Å². The summed E-state index contributed by atoms with van der Waals surface area (Å²) >= 11 is 29.0. The van der Waals surface area contributed by atoms with Gasteiger partial charge >= 0.3 is 16.5 Å². The molecule has 0 amide bonds. The van der Waals surface area contributed by atoms with Gasteiger partial charge in [-0.25, -0.2) is 4.79 Å². The van der Waals surface area contributed by atoms with E-state index in [-0.39, 0.29) is 79.3 Å². The average molecular weight is 805 g/mol. The van der Waals surface area contributed by atoms with Crippen molar-refractivity contribution in [3.8, 4) is 0 Å². The summed E-state index contributed by atoms with van der Waals surface area (Å²) in [5.41, 5.74) is -1.91. The van der Waals surface area contributed by atoms with Crippen LogP contribution >= 0.6 is 69.6 Å². The number of halogens is 6. The Balaban J connectivity index is -0.000000264. The fourth-order valence-electron chi connectivity index (χ4n) is 3.35. The molecule has 0 atom stereocenters. The largest absolute Gasteiger partial charge is 0.483 e. The molecule has 18 heteroatoms. The van der Waals surface area contributed by atoms with Crippen molar-refractivity contribution in [1.82, 2.24) is 0 Å². The van der Waals surface area contributed by atoms with Gasteiger partial charge in [-0.3, -0.25) is 33.6 Å². The first-order valence-corrected chi connectivity index (χ1v) is 15.4. The second-order valence-electron chi connectivity index (χ2n) is 10.8. The fraction of sp³-hybridized carbons (Fsp3) is 0.533. The lowest BCUT2D eigenvalue weighted by Crippen LogP contribution is -2.33. The monoisotopic (exact) mass is 802 g/mol. The third-order valence-corrected chi connectivity index (χ3v) is 5.66. The van der Waals surface area contributed by atoms with E-state index in [9.17, 15) is 38.4 Å². The summed E-state index contributed by atoms with van der Waals surface area (Å²) in [6.45, 7) is 10.4. The molecule has 0 saturated carbocycles. The van der Waals surface area contributed by atoms with Crippen molar-refractivity contribution in [3.63, 3.8) is 0 Å².